The van der Waals surface area contributed by atoms with Crippen LogP contribution in [0.25, 0.3) is 10.9 Å². The number of alkyl halides is 2. The average Bonchev–Trinajstić information content (AvgIpc) is 2.83. The van der Waals surface area contributed by atoms with Gasteiger partial charge in [0.05, 0.1) is 29.9 Å². The summed E-state index contributed by atoms with van der Waals surface area (Å²) in [6.45, 7) is 7.71. The van der Waals surface area contributed by atoms with Crippen molar-refractivity contribution in [1.82, 2.24) is 9.88 Å². The van der Waals surface area contributed by atoms with Crippen LogP contribution in [-0.2, 0) is 4.79 Å². The second-order valence-corrected chi connectivity index (χ2v) is 8.76. The first-order chi connectivity index (χ1) is 16.7. The number of carbonyl (C=O) groups is 1. The highest BCUT2D eigenvalue weighted by Gasteiger charge is 2.23. The van der Waals surface area contributed by atoms with E-state index in [4.69, 9.17) is 4.74 Å². The maximum absolute atomic E-state index is 14.8. The van der Waals surface area contributed by atoms with Crippen molar-refractivity contribution in [3.63, 3.8) is 0 Å². The summed E-state index contributed by atoms with van der Waals surface area (Å²) in [5.74, 6) is -0.178. The zero-order valence-electron chi connectivity index (χ0n) is 20.2. The van der Waals surface area contributed by atoms with E-state index < -0.39 is 23.8 Å². The molecular formula is C26H29F3N4O2. The number of aryl methyl sites for hydroxylation is 1. The van der Waals surface area contributed by atoms with Crippen molar-refractivity contribution >= 4 is 28.2 Å². The molecule has 35 heavy (non-hydrogen) atoms. The molecule has 3 aromatic rings. The molecule has 1 unspecified atom stereocenters. The number of nitrogens with zero attached hydrogens (tertiary/aromatic N) is 3. The van der Waals surface area contributed by atoms with Crippen LogP contribution in [0.4, 0.5) is 24.5 Å². The summed E-state index contributed by atoms with van der Waals surface area (Å²) >= 11 is 0. The minimum atomic E-state index is -2.88. The fraction of sp³-hybridized carbons (Fsp3) is 0.385. The number of methoxy groups -OCH3 is 1. The molecule has 0 radical (unpaired) electrons. The van der Waals surface area contributed by atoms with Gasteiger partial charge in [-0.2, -0.15) is 0 Å². The summed E-state index contributed by atoms with van der Waals surface area (Å²) < 4.78 is 46.9. The number of amides is 1. The van der Waals surface area contributed by atoms with Crippen LogP contribution in [-0.4, -0.2) is 49.1 Å². The van der Waals surface area contributed by atoms with Gasteiger partial charge in [0.15, 0.2) is 0 Å². The quantitative estimate of drug-likeness (QED) is 0.501. The third-order valence-corrected chi connectivity index (χ3v) is 6.44. The van der Waals surface area contributed by atoms with Crippen LogP contribution in [0.15, 0.2) is 36.4 Å². The molecule has 2 aromatic carbocycles. The maximum atomic E-state index is 14.8. The van der Waals surface area contributed by atoms with E-state index in [9.17, 15) is 18.0 Å². The maximum Gasteiger partial charge on any atom is 0.266 e. The monoisotopic (exact) mass is 486 g/mol. The molecule has 2 heterocycles. The Kier molecular flexibility index (Phi) is 7.05. The topological polar surface area (TPSA) is 57.7 Å². The third-order valence-electron chi connectivity index (χ3n) is 6.44. The van der Waals surface area contributed by atoms with Crippen molar-refractivity contribution in [2.24, 2.45) is 0 Å². The van der Waals surface area contributed by atoms with Gasteiger partial charge in [-0.1, -0.05) is 18.2 Å². The lowest BCUT2D eigenvalue weighted by Crippen LogP contribution is -2.48. The minimum Gasteiger partial charge on any atom is -0.495 e. The average molecular weight is 487 g/mol. The van der Waals surface area contributed by atoms with Crippen molar-refractivity contribution in [1.29, 1.82) is 0 Å². The molecule has 1 N–H and O–H groups in total. The van der Waals surface area contributed by atoms with Crippen LogP contribution in [0, 0.1) is 12.7 Å². The Morgan fingerprint density at radius 1 is 1.11 bits per heavy atom. The van der Waals surface area contributed by atoms with Crippen LogP contribution < -0.4 is 15.0 Å². The normalized spacial score (nSPS) is 15.0. The molecule has 1 amide bonds. The number of aromatic nitrogens is 1. The smallest absolute Gasteiger partial charge is 0.266 e. The van der Waals surface area contributed by atoms with Crippen LogP contribution >= 0.6 is 0 Å². The Balaban J connectivity index is 1.71. The van der Waals surface area contributed by atoms with Crippen molar-refractivity contribution in [2.45, 2.75) is 33.2 Å². The molecule has 9 heteroatoms. The highest BCUT2D eigenvalue weighted by molar-refractivity contribution is 5.96. The minimum absolute atomic E-state index is 0.0541. The summed E-state index contributed by atoms with van der Waals surface area (Å²) in [5, 5.41) is 4.10. The van der Waals surface area contributed by atoms with Gasteiger partial charge < -0.3 is 19.9 Å². The molecule has 1 aromatic heterocycles. The van der Waals surface area contributed by atoms with Gasteiger partial charge in [-0.05, 0) is 26.0 Å². The fourth-order valence-corrected chi connectivity index (χ4v) is 4.55. The molecule has 0 spiro atoms. The third kappa shape index (κ3) is 4.99. The van der Waals surface area contributed by atoms with E-state index >= 15 is 0 Å². The number of rotatable bonds is 6. The van der Waals surface area contributed by atoms with E-state index in [1.54, 1.807) is 21.0 Å². The molecule has 186 valence electrons. The van der Waals surface area contributed by atoms with Gasteiger partial charge in [-0.25, -0.2) is 13.2 Å². The van der Waals surface area contributed by atoms with Crippen LogP contribution in [0.5, 0.6) is 5.75 Å². The van der Waals surface area contributed by atoms with E-state index in [1.165, 1.54) is 12.1 Å². The Hall–Kier alpha value is -3.49. The Morgan fingerprint density at radius 2 is 1.80 bits per heavy atom. The van der Waals surface area contributed by atoms with Crippen molar-refractivity contribution in [3.05, 3.63) is 59.0 Å². The summed E-state index contributed by atoms with van der Waals surface area (Å²) in [4.78, 5) is 20.3. The number of carbonyl (C=O) groups excluding carboxylic acids is 1. The van der Waals surface area contributed by atoms with Crippen LogP contribution in [0.1, 0.15) is 43.1 Å². The molecule has 1 aliphatic heterocycles. The predicted octanol–water partition coefficient (Wildman–Crippen LogP) is 5.47. The van der Waals surface area contributed by atoms with Crippen molar-refractivity contribution in [2.75, 3.05) is 43.5 Å². The van der Waals surface area contributed by atoms with Gasteiger partial charge in [-0.15, -0.1) is 0 Å². The van der Waals surface area contributed by atoms with Crippen LogP contribution in [0.3, 0.4) is 0 Å². The first kappa shape index (κ1) is 24.6. The van der Waals surface area contributed by atoms with Crippen LogP contribution in [0.2, 0.25) is 0 Å². The Labute approximate surface area is 202 Å². The van der Waals surface area contributed by atoms with E-state index in [0.717, 1.165) is 22.8 Å². The number of hydrogen-bond acceptors (Lipinski definition) is 5. The largest absolute Gasteiger partial charge is 0.495 e. The number of hydrogen-bond donors (Lipinski definition) is 1. The predicted molar refractivity (Wildman–Crippen MR) is 131 cm³/mol. The lowest BCUT2D eigenvalue weighted by atomic mass is 10.0. The highest BCUT2D eigenvalue weighted by atomic mass is 19.3. The zero-order valence-corrected chi connectivity index (χ0v) is 20.2. The molecule has 1 aliphatic rings. The highest BCUT2D eigenvalue weighted by Crippen LogP contribution is 2.38. The number of fused-ring (bicyclic) bond motifs is 1. The summed E-state index contributed by atoms with van der Waals surface area (Å²) in [6, 6.07) is 9.19. The van der Waals surface area contributed by atoms with Gasteiger partial charge >= 0.3 is 0 Å². The number of anilines is 2. The SMILES string of the molecule is COc1cc2nc(C)cc(NC(C)c3cccc(C(F)F)c3F)c2cc1N1CCN(C(C)=O)CC1. The lowest BCUT2D eigenvalue weighted by molar-refractivity contribution is -0.129. The van der Waals surface area contributed by atoms with E-state index in [0.29, 0.717) is 43.1 Å². The Bertz CT molecular complexity index is 1240. The second-order valence-electron chi connectivity index (χ2n) is 8.76. The van der Waals surface area contributed by atoms with Crippen molar-refractivity contribution < 1.29 is 22.7 Å². The van der Waals surface area contributed by atoms with Gasteiger partial charge in [0.25, 0.3) is 6.43 Å². The number of piperazine rings is 1. The molecular weight excluding hydrogens is 457 g/mol. The van der Waals surface area contributed by atoms with Gasteiger partial charge in [-0.3, -0.25) is 9.78 Å². The second kappa shape index (κ2) is 10.0. The summed E-state index contributed by atoms with van der Waals surface area (Å²) in [7, 11) is 1.60. The first-order valence-corrected chi connectivity index (χ1v) is 11.5. The van der Waals surface area contributed by atoms with Gasteiger partial charge in [0.1, 0.15) is 11.6 Å². The van der Waals surface area contributed by atoms with Gasteiger partial charge in [0.2, 0.25) is 5.91 Å². The molecule has 1 saturated heterocycles. The lowest BCUT2D eigenvalue weighted by Gasteiger charge is -2.36. The molecule has 0 aliphatic carbocycles. The number of nitrogens with one attached hydrogen (secondary N) is 1. The molecule has 0 bridgehead atoms. The number of benzene rings is 2. The standard InChI is InChI=1S/C26H29F3N4O2/c1-15-12-21(31-16(2)18-6-5-7-19(25(18)27)26(28)29)20-13-23(24(35-4)14-22(20)30-15)33-10-8-32(9-11-33)17(3)34/h5-7,12-14,16,26H,8-11H2,1-4H3,(H,30,31). The summed E-state index contributed by atoms with van der Waals surface area (Å²) in [6.07, 6.45) is -2.88. The van der Waals surface area contributed by atoms with Gasteiger partial charge in [0, 0.05) is 61.5 Å². The van der Waals surface area contributed by atoms with Crippen molar-refractivity contribution in [3.8, 4) is 5.75 Å². The van der Waals surface area contributed by atoms with E-state index in [-0.39, 0.29) is 11.5 Å². The summed E-state index contributed by atoms with van der Waals surface area (Å²) in [5.41, 5.74) is 2.59. The Morgan fingerprint density at radius 3 is 2.43 bits per heavy atom. The van der Waals surface area contributed by atoms with E-state index in [1.807, 2.05) is 30.0 Å². The van der Waals surface area contributed by atoms with E-state index in [2.05, 4.69) is 15.2 Å². The number of pyridine rings is 1. The fourth-order valence-electron chi connectivity index (χ4n) is 4.55. The molecule has 1 atom stereocenters. The molecule has 6 nitrogen and oxygen atoms in total. The zero-order chi connectivity index (χ0) is 25.3. The molecule has 1 fully saturated rings. The number of ether oxygens (including phenoxy) is 1. The first-order valence-electron chi connectivity index (χ1n) is 11.5. The number of halogens is 3. The molecule has 4 rings (SSSR count). The molecule has 0 saturated carbocycles.